The number of anilines is 6. The predicted octanol–water partition coefficient (Wildman–Crippen LogP) is 18.6. The molecule has 0 N–H and O–H groups in total. The molecule has 2 heteroatoms. The van der Waals surface area contributed by atoms with E-state index in [-0.39, 0.29) is 0 Å². The standard InChI is InChI=1S/C66H46N2/c1-3-13-47(14-4-1)49-23-27-51(28-24-49)53-31-39-57(40-32-53)67(58-41-33-54(34-42-58)52-29-25-50(26-30-52)48-15-5-2-6-16-48)59-43-35-55(36-44-59)56-37-45-60(46-38-56)68-65-21-11-9-19-63(65)61-17-7-8-18-62(61)64-20-10-12-22-66(64)68/h1-46H. The molecule has 0 unspecified atom stereocenters. The Kier molecular flexibility index (Phi) is 10.6. The Morgan fingerprint density at radius 1 is 0.191 bits per heavy atom. The van der Waals surface area contributed by atoms with Crippen molar-refractivity contribution in [3.8, 4) is 77.9 Å². The normalized spacial score (nSPS) is 11.5. The van der Waals surface area contributed by atoms with Gasteiger partial charge >= 0.3 is 0 Å². The van der Waals surface area contributed by atoms with Crippen LogP contribution in [-0.2, 0) is 0 Å². The van der Waals surface area contributed by atoms with Gasteiger partial charge in [0.2, 0.25) is 0 Å². The largest absolute Gasteiger partial charge is 0.311 e. The molecule has 0 fully saturated rings. The van der Waals surface area contributed by atoms with Crippen molar-refractivity contribution in [1.82, 2.24) is 0 Å². The molecule has 320 valence electrons. The van der Waals surface area contributed by atoms with Crippen molar-refractivity contribution in [2.24, 2.45) is 0 Å². The van der Waals surface area contributed by atoms with Crippen LogP contribution in [0, 0.1) is 0 Å². The molecule has 1 aliphatic rings. The summed E-state index contributed by atoms with van der Waals surface area (Å²) in [6.07, 6.45) is 0. The van der Waals surface area contributed by atoms with Crippen molar-refractivity contribution in [2.45, 2.75) is 0 Å². The summed E-state index contributed by atoms with van der Waals surface area (Å²) >= 11 is 0. The summed E-state index contributed by atoms with van der Waals surface area (Å²) in [5.41, 5.74) is 23.6. The first kappa shape index (κ1) is 40.5. The first-order valence-corrected chi connectivity index (χ1v) is 23.3. The highest BCUT2D eigenvalue weighted by Crippen LogP contribution is 2.50. The Labute approximate surface area is 399 Å². The van der Waals surface area contributed by atoms with Crippen molar-refractivity contribution in [3.05, 3.63) is 279 Å². The van der Waals surface area contributed by atoms with Crippen LogP contribution in [0.1, 0.15) is 0 Å². The summed E-state index contributed by atoms with van der Waals surface area (Å²) in [7, 11) is 0. The smallest absolute Gasteiger partial charge is 0.0540 e. The summed E-state index contributed by atoms with van der Waals surface area (Å²) in [5.74, 6) is 0. The van der Waals surface area contributed by atoms with Crippen molar-refractivity contribution in [1.29, 1.82) is 0 Å². The third-order valence-corrected chi connectivity index (χ3v) is 13.3. The molecule has 11 aromatic carbocycles. The maximum Gasteiger partial charge on any atom is 0.0540 e. The number of fused-ring (bicyclic) bond motifs is 5. The van der Waals surface area contributed by atoms with E-state index in [9.17, 15) is 0 Å². The molecule has 0 aliphatic carbocycles. The first-order valence-electron chi connectivity index (χ1n) is 23.3. The molecule has 0 saturated carbocycles. The van der Waals surface area contributed by atoms with E-state index in [0.29, 0.717) is 0 Å². The highest BCUT2D eigenvalue weighted by atomic mass is 15.2. The fourth-order valence-electron chi connectivity index (χ4n) is 9.78. The lowest BCUT2D eigenvalue weighted by atomic mass is 9.95. The number of rotatable bonds is 9. The lowest BCUT2D eigenvalue weighted by Gasteiger charge is -2.27. The monoisotopic (exact) mass is 866 g/mol. The minimum atomic E-state index is 1.09. The zero-order valence-electron chi connectivity index (χ0n) is 37.5. The van der Waals surface area contributed by atoms with Crippen LogP contribution in [0.2, 0.25) is 0 Å². The van der Waals surface area contributed by atoms with Crippen molar-refractivity contribution in [3.63, 3.8) is 0 Å². The van der Waals surface area contributed by atoms with Crippen LogP contribution in [0.5, 0.6) is 0 Å². The Morgan fingerprint density at radius 3 is 0.750 bits per heavy atom. The number of benzene rings is 11. The fraction of sp³-hybridized carbons (Fsp3) is 0. The molecule has 0 spiro atoms. The van der Waals surface area contributed by atoms with Gasteiger partial charge in [-0.2, -0.15) is 0 Å². The molecule has 0 aromatic heterocycles. The Bertz CT molecular complexity index is 3300. The zero-order chi connectivity index (χ0) is 45.2. The molecule has 11 aromatic rings. The fourth-order valence-corrected chi connectivity index (χ4v) is 9.78. The predicted molar refractivity (Wildman–Crippen MR) is 287 cm³/mol. The number of hydrogen-bond acceptors (Lipinski definition) is 2. The summed E-state index contributed by atoms with van der Waals surface area (Å²) in [4.78, 5) is 4.76. The Hall–Kier alpha value is -8.98. The number of para-hydroxylation sites is 2. The van der Waals surface area contributed by atoms with Crippen molar-refractivity contribution >= 4 is 34.1 Å². The van der Waals surface area contributed by atoms with Crippen LogP contribution in [0.4, 0.5) is 34.1 Å². The van der Waals surface area contributed by atoms with Crippen LogP contribution in [0.3, 0.4) is 0 Å². The minimum Gasteiger partial charge on any atom is -0.311 e. The van der Waals surface area contributed by atoms with Gasteiger partial charge in [-0.15, -0.1) is 0 Å². The van der Waals surface area contributed by atoms with E-state index in [4.69, 9.17) is 0 Å². The second-order valence-corrected chi connectivity index (χ2v) is 17.3. The summed E-state index contributed by atoms with van der Waals surface area (Å²) in [6, 6.07) is 101. The minimum absolute atomic E-state index is 1.09. The number of nitrogens with zero attached hydrogens (tertiary/aromatic N) is 2. The van der Waals surface area contributed by atoms with Gasteiger partial charge in [0.15, 0.2) is 0 Å². The van der Waals surface area contributed by atoms with E-state index < -0.39 is 0 Å². The summed E-state index contributed by atoms with van der Waals surface area (Å²) in [5, 5.41) is 0. The van der Waals surface area contributed by atoms with Crippen molar-refractivity contribution in [2.75, 3.05) is 9.80 Å². The summed E-state index contributed by atoms with van der Waals surface area (Å²) in [6.45, 7) is 0. The number of hydrogen-bond donors (Lipinski definition) is 0. The van der Waals surface area contributed by atoms with Gasteiger partial charge in [-0.1, -0.05) is 218 Å². The second kappa shape index (κ2) is 17.8. The molecule has 2 nitrogen and oxygen atoms in total. The third-order valence-electron chi connectivity index (χ3n) is 13.3. The van der Waals surface area contributed by atoms with Gasteiger partial charge in [0, 0.05) is 33.9 Å². The molecule has 0 atom stereocenters. The maximum absolute atomic E-state index is 2.41. The molecule has 0 amide bonds. The topological polar surface area (TPSA) is 6.48 Å². The highest BCUT2D eigenvalue weighted by Gasteiger charge is 2.25. The lowest BCUT2D eigenvalue weighted by molar-refractivity contribution is 1.28. The van der Waals surface area contributed by atoms with E-state index in [1.165, 1.54) is 78.1 Å². The van der Waals surface area contributed by atoms with Crippen LogP contribution in [0.25, 0.3) is 77.9 Å². The molecule has 0 bridgehead atoms. The molecule has 68 heavy (non-hydrogen) atoms. The first-order chi connectivity index (χ1) is 33.7. The molecule has 0 saturated heterocycles. The van der Waals surface area contributed by atoms with Gasteiger partial charge in [0.25, 0.3) is 0 Å². The summed E-state index contributed by atoms with van der Waals surface area (Å²) < 4.78 is 0. The molecular formula is C66H46N2. The average molecular weight is 867 g/mol. The quantitative estimate of drug-likeness (QED) is 0.143. The van der Waals surface area contributed by atoms with Gasteiger partial charge in [-0.25, -0.2) is 0 Å². The highest BCUT2D eigenvalue weighted by molar-refractivity contribution is 6.02. The molecule has 1 aliphatic heterocycles. The van der Waals surface area contributed by atoms with Crippen LogP contribution >= 0.6 is 0 Å². The Balaban J connectivity index is 0.860. The maximum atomic E-state index is 2.41. The van der Waals surface area contributed by atoms with Gasteiger partial charge in [0.1, 0.15) is 0 Å². The van der Waals surface area contributed by atoms with Crippen LogP contribution < -0.4 is 9.80 Å². The van der Waals surface area contributed by atoms with Crippen molar-refractivity contribution < 1.29 is 0 Å². The molecule has 0 radical (unpaired) electrons. The van der Waals surface area contributed by atoms with Gasteiger partial charge in [-0.3, -0.25) is 0 Å². The molecule has 1 heterocycles. The average Bonchev–Trinajstić information content (AvgIpc) is 3.55. The van der Waals surface area contributed by atoms with E-state index in [1.807, 2.05) is 0 Å². The van der Waals surface area contributed by atoms with Crippen LogP contribution in [-0.4, -0.2) is 0 Å². The van der Waals surface area contributed by atoms with Crippen LogP contribution in [0.15, 0.2) is 279 Å². The second-order valence-electron chi connectivity index (χ2n) is 17.3. The van der Waals surface area contributed by atoms with Gasteiger partial charge < -0.3 is 9.80 Å². The van der Waals surface area contributed by atoms with E-state index >= 15 is 0 Å². The molecule has 12 rings (SSSR count). The third kappa shape index (κ3) is 7.74. The Morgan fingerprint density at radius 2 is 0.426 bits per heavy atom. The van der Waals surface area contributed by atoms with E-state index in [1.54, 1.807) is 0 Å². The van der Waals surface area contributed by atoms with Gasteiger partial charge in [0.05, 0.1) is 11.4 Å². The SMILES string of the molecule is c1ccc(-c2ccc(-c3ccc(N(c4ccc(-c5ccc(-c6ccccc6)cc5)cc4)c4ccc(-c5ccc(N6c7ccccc7-c7ccccc7-c7ccccc76)cc5)cc4)cc3)cc2)cc1. The van der Waals surface area contributed by atoms with E-state index in [0.717, 1.165) is 33.9 Å². The molecular weight excluding hydrogens is 821 g/mol. The lowest BCUT2D eigenvalue weighted by Crippen LogP contribution is -2.10. The van der Waals surface area contributed by atoms with Gasteiger partial charge in [-0.05, 0) is 127 Å². The zero-order valence-corrected chi connectivity index (χ0v) is 37.5. The van der Waals surface area contributed by atoms with E-state index in [2.05, 4.69) is 289 Å².